The number of hydrogen-bond acceptors (Lipinski definition) is 4. The van der Waals surface area contributed by atoms with Crippen molar-refractivity contribution in [2.75, 3.05) is 12.3 Å². The Bertz CT molecular complexity index is 582. The fourth-order valence-corrected chi connectivity index (χ4v) is 1.67. The second-order valence-corrected chi connectivity index (χ2v) is 4.51. The summed E-state index contributed by atoms with van der Waals surface area (Å²) in [4.78, 5) is 11.7. The van der Waals surface area contributed by atoms with Crippen LogP contribution in [0.4, 0.5) is 11.4 Å². The largest absolute Gasteiger partial charge is 0.351 e. The molecule has 0 atom stereocenters. The predicted molar refractivity (Wildman–Crippen MR) is 83.2 cm³/mol. The molecule has 0 heterocycles. The second-order valence-electron chi connectivity index (χ2n) is 4.06. The maximum atomic E-state index is 11.7. The van der Waals surface area contributed by atoms with Crippen molar-refractivity contribution in [2.24, 2.45) is 10.2 Å². The Morgan fingerprint density at radius 1 is 0.950 bits per heavy atom. The van der Waals surface area contributed by atoms with E-state index in [1.807, 2.05) is 30.3 Å². The van der Waals surface area contributed by atoms with Gasteiger partial charge in [0.2, 0.25) is 0 Å². The first kappa shape index (κ1) is 14.3. The van der Waals surface area contributed by atoms with Crippen LogP contribution in [-0.4, -0.2) is 18.2 Å². The highest BCUT2D eigenvalue weighted by Gasteiger charge is 2.03. The molecule has 0 aliphatic rings. The van der Waals surface area contributed by atoms with E-state index in [0.29, 0.717) is 23.5 Å². The lowest BCUT2D eigenvalue weighted by molar-refractivity contribution is 0.0956. The number of rotatable bonds is 5. The molecule has 2 rings (SSSR count). The monoisotopic (exact) mass is 285 g/mol. The Balaban J connectivity index is 2.01. The van der Waals surface area contributed by atoms with Gasteiger partial charge in [-0.2, -0.15) is 22.9 Å². The van der Waals surface area contributed by atoms with E-state index in [-0.39, 0.29) is 5.91 Å². The van der Waals surface area contributed by atoms with Crippen molar-refractivity contribution in [1.29, 1.82) is 0 Å². The van der Waals surface area contributed by atoms with Gasteiger partial charge in [0.15, 0.2) is 0 Å². The first-order valence-corrected chi connectivity index (χ1v) is 6.89. The van der Waals surface area contributed by atoms with Gasteiger partial charge in [0, 0.05) is 17.9 Å². The molecular weight excluding hydrogens is 270 g/mol. The summed E-state index contributed by atoms with van der Waals surface area (Å²) >= 11 is 4.04. The molecule has 0 fully saturated rings. The van der Waals surface area contributed by atoms with E-state index in [0.717, 1.165) is 5.69 Å². The Morgan fingerprint density at radius 3 is 2.15 bits per heavy atom. The predicted octanol–water partition coefficient (Wildman–Crippen LogP) is 3.76. The quantitative estimate of drug-likeness (QED) is 0.638. The lowest BCUT2D eigenvalue weighted by atomic mass is 10.2. The zero-order valence-corrected chi connectivity index (χ0v) is 11.8. The molecule has 4 nitrogen and oxygen atoms in total. The van der Waals surface area contributed by atoms with E-state index < -0.39 is 0 Å². The summed E-state index contributed by atoms with van der Waals surface area (Å²) in [5, 5.41) is 11.0. The molecule has 0 radical (unpaired) electrons. The third kappa shape index (κ3) is 4.20. The minimum atomic E-state index is -0.106. The Hall–Kier alpha value is -2.14. The molecule has 0 saturated heterocycles. The standard InChI is InChI=1S/C15H15N3OS/c19-15(16-10-11-20)12-6-8-14(9-7-12)18-17-13-4-2-1-3-5-13/h1-9,20H,10-11H2,(H,16,19). The number of azo groups is 1. The van der Waals surface area contributed by atoms with Gasteiger partial charge in [0.1, 0.15) is 0 Å². The normalized spacial score (nSPS) is 10.7. The van der Waals surface area contributed by atoms with E-state index >= 15 is 0 Å². The molecule has 5 heteroatoms. The summed E-state index contributed by atoms with van der Waals surface area (Å²) in [6.07, 6.45) is 0. The molecule has 1 N–H and O–H groups in total. The zero-order chi connectivity index (χ0) is 14.2. The van der Waals surface area contributed by atoms with Crippen LogP contribution in [0.3, 0.4) is 0 Å². The Morgan fingerprint density at radius 2 is 1.55 bits per heavy atom. The lowest BCUT2D eigenvalue weighted by Crippen LogP contribution is -2.25. The van der Waals surface area contributed by atoms with E-state index in [9.17, 15) is 4.79 Å². The molecule has 0 aliphatic carbocycles. The highest BCUT2D eigenvalue weighted by atomic mass is 32.1. The van der Waals surface area contributed by atoms with Crippen LogP contribution in [0.1, 0.15) is 10.4 Å². The summed E-state index contributed by atoms with van der Waals surface area (Å²) in [6, 6.07) is 16.5. The summed E-state index contributed by atoms with van der Waals surface area (Å²) in [5.74, 6) is 0.514. The summed E-state index contributed by atoms with van der Waals surface area (Å²) < 4.78 is 0. The van der Waals surface area contributed by atoms with Crippen molar-refractivity contribution >= 4 is 29.9 Å². The summed E-state index contributed by atoms with van der Waals surface area (Å²) in [5.41, 5.74) is 2.10. The highest BCUT2D eigenvalue weighted by molar-refractivity contribution is 7.80. The van der Waals surface area contributed by atoms with Gasteiger partial charge in [-0.1, -0.05) is 18.2 Å². The Labute approximate surface area is 123 Å². The minimum Gasteiger partial charge on any atom is -0.351 e. The van der Waals surface area contributed by atoms with E-state index in [4.69, 9.17) is 0 Å². The SMILES string of the molecule is O=C(NCCS)c1ccc(N=Nc2ccccc2)cc1. The molecule has 1 amide bonds. The number of nitrogens with zero attached hydrogens (tertiary/aromatic N) is 2. The number of nitrogens with one attached hydrogen (secondary N) is 1. The number of hydrogen-bond donors (Lipinski definition) is 2. The molecule has 0 unspecified atom stereocenters. The fraction of sp³-hybridized carbons (Fsp3) is 0.133. The first-order valence-electron chi connectivity index (χ1n) is 6.25. The van der Waals surface area contributed by atoms with Crippen LogP contribution in [0, 0.1) is 0 Å². The highest BCUT2D eigenvalue weighted by Crippen LogP contribution is 2.18. The number of benzene rings is 2. The maximum Gasteiger partial charge on any atom is 0.251 e. The minimum absolute atomic E-state index is 0.106. The van der Waals surface area contributed by atoms with Crippen molar-refractivity contribution in [2.45, 2.75) is 0 Å². The lowest BCUT2D eigenvalue weighted by Gasteiger charge is -2.02. The smallest absolute Gasteiger partial charge is 0.251 e. The maximum absolute atomic E-state index is 11.7. The molecular formula is C15H15N3OS. The number of carbonyl (C=O) groups is 1. The second kappa shape index (κ2) is 7.45. The van der Waals surface area contributed by atoms with Crippen LogP contribution in [-0.2, 0) is 0 Å². The van der Waals surface area contributed by atoms with E-state index in [2.05, 4.69) is 28.2 Å². The van der Waals surface area contributed by atoms with Gasteiger partial charge in [-0.25, -0.2) is 0 Å². The van der Waals surface area contributed by atoms with Crippen molar-refractivity contribution in [3.8, 4) is 0 Å². The summed E-state index contributed by atoms with van der Waals surface area (Å²) in [6.45, 7) is 0.553. The van der Waals surface area contributed by atoms with E-state index in [1.54, 1.807) is 24.3 Å². The molecule has 102 valence electrons. The van der Waals surface area contributed by atoms with Crippen LogP contribution in [0.2, 0.25) is 0 Å². The average molecular weight is 285 g/mol. The third-order valence-electron chi connectivity index (χ3n) is 2.56. The van der Waals surface area contributed by atoms with Gasteiger partial charge in [-0.05, 0) is 36.4 Å². The van der Waals surface area contributed by atoms with Crippen LogP contribution in [0.25, 0.3) is 0 Å². The van der Waals surface area contributed by atoms with E-state index in [1.165, 1.54) is 0 Å². The van der Waals surface area contributed by atoms with Crippen molar-refractivity contribution in [3.63, 3.8) is 0 Å². The molecule has 0 spiro atoms. The molecule has 20 heavy (non-hydrogen) atoms. The van der Waals surface area contributed by atoms with Crippen molar-refractivity contribution in [1.82, 2.24) is 5.32 Å². The van der Waals surface area contributed by atoms with Gasteiger partial charge in [-0.15, -0.1) is 0 Å². The van der Waals surface area contributed by atoms with Crippen LogP contribution in [0.15, 0.2) is 64.8 Å². The molecule has 0 bridgehead atoms. The van der Waals surface area contributed by atoms with Gasteiger partial charge in [-0.3, -0.25) is 4.79 Å². The van der Waals surface area contributed by atoms with Gasteiger partial charge < -0.3 is 5.32 Å². The molecule has 0 aromatic heterocycles. The number of amides is 1. The molecule has 0 aliphatic heterocycles. The molecule has 2 aromatic carbocycles. The van der Waals surface area contributed by atoms with Gasteiger partial charge >= 0.3 is 0 Å². The van der Waals surface area contributed by atoms with Gasteiger partial charge in [0.25, 0.3) is 5.91 Å². The first-order chi connectivity index (χ1) is 9.79. The van der Waals surface area contributed by atoms with Crippen molar-refractivity contribution < 1.29 is 4.79 Å². The zero-order valence-electron chi connectivity index (χ0n) is 10.9. The van der Waals surface area contributed by atoms with Crippen LogP contribution in [0.5, 0.6) is 0 Å². The Kier molecular flexibility index (Phi) is 5.32. The van der Waals surface area contributed by atoms with Crippen LogP contribution >= 0.6 is 12.6 Å². The van der Waals surface area contributed by atoms with Gasteiger partial charge in [0.05, 0.1) is 11.4 Å². The summed E-state index contributed by atoms with van der Waals surface area (Å²) in [7, 11) is 0. The fourth-order valence-electron chi connectivity index (χ4n) is 1.56. The average Bonchev–Trinajstić information content (AvgIpc) is 2.52. The topological polar surface area (TPSA) is 53.8 Å². The molecule has 2 aromatic rings. The number of thiol groups is 1. The third-order valence-corrected chi connectivity index (χ3v) is 2.79. The number of carbonyl (C=O) groups excluding carboxylic acids is 1. The van der Waals surface area contributed by atoms with Crippen molar-refractivity contribution in [3.05, 3.63) is 60.2 Å². The van der Waals surface area contributed by atoms with Crippen LogP contribution < -0.4 is 5.32 Å². The molecule has 0 saturated carbocycles.